The Morgan fingerprint density at radius 2 is 1.74 bits per heavy atom. The molecule has 1 N–H and O–H groups in total. The standard InChI is InChI=1S/C29H35N3O2S/c1-5-15-32(16-6-2)25-11-10-22-18-24(9-8-23(22)19-25)28-13-12-27(35-28)21(4)26(20-30)29(33)31-14-17-34-7-3/h8-13,18-19H,5-7,14-17H2,1-4H3,(H,31,33)/b26-21+. The lowest BCUT2D eigenvalue weighted by Crippen LogP contribution is -2.28. The number of nitrogens with one attached hydrogen (secondary N) is 1. The molecule has 3 aromatic rings. The number of ether oxygens (including phenoxy) is 1. The van der Waals surface area contributed by atoms with Gasteiger partial charge in [-0.15, -0.1) is 11.3 Å². The van der Waals surface area contributed by atoms with Gasteiger partial charge in [0.25, 0.3) is 5.91 Å². The van der Waals surface area contributed by atoms with E-state index in [1.54, 1.807) is 11.3 Å². The molecule has 0 aliphatic rings. The number of nitriles is 1. The van der Waals surface area contributed by atoms with Crippen LogP contribution in [0.25, 0.3) is 26.8 Å². The van der Waals surface area contributed by atoms with E-state index in [4.69, 9.17) is 4.74 Å². The minimum absolute atomic E-state index is 0.143. The Labute approximate surface area is 213 Å². The number of hydrogen-bond donors (Lipinski definition) is 1. The molecule has 0 fully saturated rings. The number of carbonyl (C=O) groups excluding carboxylic acids is 1. The van der Waals surface area contributed by atoms with E-state index < -0.39 is 0 Å². The highest BCUT2D eigenvalue weighted by Gasteiger charge is 2.15. The van der Waals surface area contributed by atoms with Crippen LogP contribution in [-0.2, 0) is 9.53 Å². The van der Waals surface area contributed by atoms with Crippen molar-refractivity contribution in [1.29, 1.82) is 5.26 Å². The van der Waals surface area contributed by atoms with Gasteiger partial charge in [0.05, 0.1) is 6.61 Å². The number of anilines is 1. The summed E-state index contributed by atoms with van der Waals surface area (Å²) in [7, 11) is 0. The lowest BCUT2D eigenvalue weighted by atomic mass is 10.0. The minimum atomic E-state index is -0.360. The van der Waals surface area contributed by atoms with Crippen LogP contribution in [0.5, 0.6) is 0 Å². The molecule has 5 nitrogen and oxygen atoms in total. The number of nitrogens with zero attached hydrogens (tertiary/aromatic N) is 2. The largest absolute Gasteiger partial charge is 0.380 e. The summed E-state index contributed by atoms with van der Waals surface area (Å²) in [5.41, 5.74) is 3.24. The maximum Gasteiger partial charge on any atom is 0.262 e. The van der Waals surface area contributed by atoms with E-state index in [2.05, 4.69) is 72.6 Å². The number of carbonyl (C=O) groups is 1. The van der Waals surface area contributed by atoms with E-state index >= 15 is 0 Å². The van der Waals surface area contributed by atoms with Crippen LogP contribution < -0.4 is 10.2 Å². The summed E-state index contributed by atoms with van der Waals surface area (Å²) >= 11 is 1.60. The van der Waals surface area contributed by atoms with Gasteiger partial charge in [0.1, 0.15) is 11.6 Å². The van der Waals surface area contributed by atoms with Gasteiger partial charge in [-0.05, 0) is 78.9 Å². The Hall–Kier alpha value is -3.14. The Morgan fingerprint density at radius 3 is 2.43 bits per heavy atom. The van der Waals surface area contributed by atoms with Crippen LogP contribution in [0.4, 0.5) is 5.69 Å². The van der Waals surface area contributed by atoms with Crippen molar-refractivity contribution in [2.75, 3.05) is 37.7 Å². The van der Waals surface area contributed by atoms with Crippen molar-refractivity contribution in [3.05, 3.63) is 59.0 Å². The first-order valence-electron chi connectivity index (χ1n) is 12.4. The molecule has 0 saturated carbocycles. The fourth-order valence-electron chi connectivity index (χ4n) is 4.09. The Bertz CT molecular complexity index is 1220. The number of thiophene rings is 1. The Balaban J connectivity index is 1.82. The van der Waals surface area contributed by atoms with Gasteiger partial charge in [-0.3, -0.25) is 4.79 Å². The van der Waals surface area contributed by atoms with Gasteiger partial charge in [-0.25, -0.2) is 0 Å². The smallest absolute Gasteiger partial charge is 0.262 e. The zero-order valence-electron chi connectivity index (χ0n) is 21.2. The predicted octanol–water partition coefficient (Wildman–Crippen LogP) is 6.64. The van der Waals surface area contributed by atoms with Crippen molar-refractivity contribution in [2.24, 2.45) is 0 Å². The summed E-state index contributed by atoms with van der Waals surface area (Å²) in [5, 5.41) is 14.8. The Morgan fingerprint density at radius 1 is 1.03 bits per heavy atom. The van der Waals surface area contributed by atoms with Gasteiger partial charge in [-0.1, -0.05) is 32.0 Å². The van der Waals surface area contributed by atoms with Gasteiger partial charge >= 0.3 is 0 Å². The molecule has 1 heterocycles. The highest BCUT2D eigenvalue weighted by Crippen LogP contribution is 2.35. The summed E-state index contributed by atoms with van der Waals surface area (Å²) < 4.78 is 5.25. The predicted molar refractivity (Wildman–Crippen MR) is 148 cm³/mol. The van der Waals surface area contributed by atoms with Crippen LogP contribution in [0.2, 0.25) is 0 Å². The van der Waals surface area contributed by atoms with Gasteiger partial charge in [0, 0.05) is 41.7 Å². The van der Waals surface area contributed by atoms with E-state index in [1.807, 2.05) is 19.9 Å². The molecule has 0 bridgehead atoms. The third kappa shape index (κ3) is 6.72. The van der Waals surface area contributed by atoms with Gasteiger partial charge < -0.3 is 15.0 Å². The average molecular weight is 490 g/mol. The van der Waals surface area contributed by atoms with E-state index in [0.29, 0.717) is 25.3 Å². The van der Waals surface area contributed by atoms with Crippen molar-refractivity contribution in [3.63, 3.8) is 0 Å². The van der Waals surface area contributed by atoms with Crippen molar-refractivity contribution < 1.29 is 9.53 Å². The second kappa shape index (κ2) is 13.1. The number of rotatable bonds is 12. The molecule has 2 aromatic carbocycles. The van der Waals surface area contributed by atoms with Crippen LogP contribution in [0.1, 0.15) is 45.4 Å². The maximum atomic E-state index is 12.5. The monoisotopic (exact) mass is 489 g/mol. The lowest BCUT2D eigenvalue weighted by Gasteiger charge is -2.24. The first kappa shape index (κ1) is 26.5. The molecule has 0 saturated heterocycles. The molecule has 1 amide bonds. The van der Waals surface area contributed by atoms with Gasteiger partial charge in [0.15, 0.2) is 0 Å². The molecule has 6 heteroatoms. The molecular formula is C29H35N3O2S. The second-order valence-electron chi connectivity index (χ2n) is 8.46. The first-order chi connectivity index (χ1) is 17.0. The zero-order chi connectivity index (χ0) is 25.2. The summed E-state index contributed by atoms with van der Waals surface area (Å²) in [6.45, 7) is 11.7. The van der Waals surface area contributed by atoms with Crippen LogP contribution >= 0.6 is 11.3 Å². The van der Waals surface area contributed by atoms with Gasteiger partial charge in [-0.2, -0.15) is 5.26 Å². The molecule has 1 aromatic heterocycles. The van der Waals surface area contributed by atoms with Crippen molar-refractivity contribution in [3.8, 4) is 16.5 Å². The zero-order valence-corrected chi connectivity index (χ0v) is 22.0. The SMILES string of the molecule is CCCN(CCC)c1ccc2cc(-c3ccc(/C(C)=C(\C#N)C(=O)NCCOCC)s3)ccc2c1. The molecule has 0 unspecified atom stereocenters. The van der Waals surface area contributed by atoms with Crippen molar-refractivity contribution in [1.82, 2.24) is 5.32 Å². The number of allylic oxidation sites excluding steroid dienone is 1. The van der Waals surface area contributed by atoms with Crippen LogP contribution in [0, 0.1) is 11.3 Å². The molecule has 35 heavy (non-hydrogen) atoms. The molecule has 0 spiro atoms. The fourth-order valence-corrected chi connectivity index (χ4v) is 5.09. The molecule has 3 rings (SSSR count). The second-order valence-corrected chi connectivity index (χ2v) is 9.55. The van der Waals surface area contributed by atoms with E-state index in [-0.39, 0.29) is 11.5 Å². The van der Waals surface area contributed by atoms with E-state index in [0.717, 1.165) is 41.2 Å². The van der Waals surface area contributed by atoms with E-state index in [9.17, 15) is 10.1 Å². The minimum Gasteiger partial charge on any atom is -0.380 e. The quantitative estimate of drug-likeness (QED) is 0.176. The summed E-state index contributed by atoms with van der Waals surface area (Å²) in [6.07, 6.45) is 2.27. The maximum absolute atomic E-state index is 12.5. The van der Waals surface area contributed by atoms with Crippen LogP contribution in [-0.4, -0.2) is 38.8 Å². The normalized spacial score (nSPS) is 11.7. The molecule has 0 radical (unpaired) electrons. The Kier molecular flexibility index (Phi) is 9.89. The van der Waals surface area contributed by atoms with Crippen molar-refractivity contribution in [2.45, 2.75) is 40.5 Å². The van der Waals surface area contributed by atoms with Crippen LogP contribution in [0.3, 0.4) is 0 Å². The summed E-state index contributed by atoms with van der Waals surface area (Å²) in [6, 6.07) is 19.4. The molecular weight excluding hydrogens is 454 g/mol. The van der Waals surface area contributed by atoms with Gasteiger partial charge in [0.2, 0.25) is 0 Å². The topological polar surface area (TPSA) is 65.4 Å². The van der Waals surface area contributed by atoms with Crippen molar-refractivity contribution >= 4 is 39.3 Å². The lowest BCUT2D eigenvalue weighted by molar-refractivity contribution is -0.117. The molecule has 0 aliphatic carbocycles. The number of amides is 1. The molecule has 0 aliphatic heterocycles. The number of fused-ring (bicyclic) bond motifs is 1. The fraction of sp³-hybridized carbons (Fsp3) is 0.379. The highest BCUT2D eigenvalue weighted by molar-refractivity contribution is 7.16. The highest BCUT2D eigenvalue weighted by atomic mass is 32.1. The summed E-state index contributed by atoms with van der Waals surface area (Å²) in [5.74, 6) is -0.360. The first-order valence-corrected chi connectivity index (χ1v) is 13.2. The summed E-state index contributed by atoms with van der Waals surface area (Å²) in [4.78, 5) is 17.0. The molecule has 0 atom stereocenters. The molecule has 184 valence electrons. The van der Waals surface area contributed by atoms with E-state index in [1.165, 1.54) is 16.5 Å². The third-order valence-corrected chi connectivity index (χ3v) is 7.14. The number of benzene rings is 2. The third-order valence-electron chi connectivity index (χ3n) is 5.89. The van der Waals surface area contributed by atoms with Crippen LogP contribution in [0.15, 0.2) is 54.1 Å². The average Bonchev–Trinajstić information content (AvgIpc) is 3.37. The number of hydrogen-bond acceptors (Lipinski definition) is 5.